The van der Waals surface area contributed by atoms with E-state index in [1.807, 2.05) is 6.92 Å². The molecule has 26 heavy (non-hydrogen) atoms. The first-order valence-corrected chi connectivity index (χ1v) is 10.0. The zero-order chi connectivity index (χ0) is 19.4. The van der Waals surface area contributed by atoms with Crippen LogP contribution in [0, 0.1) is 6.92 Å². The van der Waals surface area contributed by atoms with Crippen molar-refractivity contribution in [1.29, 1.82) is 0 Å². The lowest BCUT2D eigenvalue weighted by atomic mass is 9.95. The number of ether oxygens (including phenoxy) is 1. The van der Waals surface area contributed by atoms with Crippen LogP contribution in [0.3, 0.4) is 0 Å². The Morgan fingerprint density at radius 2 is 1.69 bits per heavy atom. The molecule has 0 bridgehead atoms. The Labute approximate surface area is 158 Å². The lowest BCUT2D eigenvalue weighted by Gasteiger charge is -2.30. The van der Waals surface area contributed by atoms with E-state index < -0.39 is 20.6 Å². The van der Waals surface area contributed by atoms with Crippen LogP contribution in [0.4, 0.5) is 0 Å². The van der Waals surface area contributed by atoms with Crippen molar-refractivity contribution in [2.24, 2.45) is 0 Å². The van der Waals surface area contributed by atoms with E-state index in [1.165, 1.54) is 36.4 Å². The summed E-state index contributed by atoms with van der Waals surface area (Å²) in [5.41, 5.74) is 1.03. The van der Waals surface area contributed by atoms with Gasteiger partial charge in [-0.05, 0) is 43.7 Å². The number of hydrogen-bond donors (Lipinski definition) is 1. The van der Waals surface area contributed by atoms with Gasteiger partial charge in [0.1, 0.15) is 0 Å². The first-order chi connectivity index (χ1) is 12.3. The van der Waals surface area contributed by atoms with Crippen molar-refractivity contribution in [3.8, 4) is 0 Å². The van der Waals surface area contributed by atoms with Gasteiger partial charge in [0.2, 0.25) is 4.75 Å². The monoisotopic (exact) mass is 396 g/mol. The Bertz CT molecular complexity index is 860. The van der Waals surface area contributed by atoms with Crippen LogP contribution in [0.2, 0.25) is 5.02 Å². The van der Waals surface area contributed by atoms with Crippen molar-refractivity contribution in [3.05, 3.63) is 64.7 Å². The first kappa shape index (κ1) is 20.4. The molecule has 0 fully saturated rings. The molecule has 0 aliphatic heterocycles. The molecule has 0 aromatic heterocycles. The van der Waals surface area contributed by atoms with Crippen molar-refractivity contribution >= 4 is 27.4 Å². The normalized spacial score (nSPS) is 14.0. The van der Waals surface area contributed by atoms with E-state index in [1.54, 1.807) is 19.1 Å². The maximum Gasteiger partial charge on any atom is 0.330 e. The Hall–Kier alpha value is -1.89. The van der Waals surface area contributed by atoms with Crippen molar-refractivity contribution in [1.82, 2.24) is 0 Å². The van der Waals surface area contributed by atoms with Gasteiger partial charge in [0, 0.05) is 24.7 Å². The van der Waals surface area contributed by atoms with Gasteiger partial charge in [-0.25, -0.2) is 8.42 Å². The van der Waals surface area contributed by atoms with Gasteiger partial charge in [-0.1, -0.05) is 41.4 Å². The maximum atomic E-state index is 13.4. The molecule has 1 N–H and O–H groups in total. The van der Waals surface area contributed by atoms with Gasteiger partial charge >= 0.3 is 5.97 Å². The highest BCUT2D eigenvalue weighted by Gasteiger charge is 2.53. The molecule has 0 amide bonds. The number of sulfone groups is 1. The summed E-state index contributed by atoms with van der Waals surface area (Å²) in [4.78, 5) is 12.3. The molecule has 0 aliphatic rings. The highest BCUT2D eigenvalue weighted by molar-refractivity contribution is 7.93. The van der Waals surface area contributed by atoms with Gasteiger partial charge < -0.3 is 9.84 Å². The Morgan fingerprint density at radius 3 is 2.19 bits per heavy atom. The van der Waals surface area contributed by atoms with E-state index in [0.29, 0.717) is 11.6 Å². The lowest BCUT2D eigenvalue weighted by Crippen LogP contribution is -2.44. The fourth-order valence-electron chi connectivity index (χ4n) is 2.78. The standard InChI is InChI=1S/C19H21ClO5S/c1-3-25-13-12-19(18(21)22,15-6-8-16(20)9-7-15)26(23,24)17-10-4-14(2)5-11-17/h4-11H,3,12-13H2,1-2H3,(H,21,22). The average molecular weight is 397 g/mol. The smallest absolute Gasteiger partial charge is 0.330 e. The van der Waals surface area contributed by atoms with Crippen LogP contribution in [-0.4, -0.2) is 32.7 Å². The zero-order valence-electron chi connectivity index (χ0n) is 14.6. The van der Waals surface area contributed by atoms with Crippen LogP contribution in [0.15, 0.2) is 53.4 Å². The summed E-state index contributed by atoms with van der Waals surface area (Å²) < 4.78 is 30.0. The fourth-order valence-corrected chi connectivity index (χ4v) is 4.83. The molecule has 0 saturated heterocycles. The number of rotatable bonds is 8. The molecule has 1 atom stereocenters. The third-order valence-corrected chi connectivity index (χ3v) is 6.93. The average Bonchev–Trinajstić information content (AvgIpc) is 2.60. The second-order valence-electron chi connectivity index (χ2n) is 5.90. The van der Waals surface area contributed by atoms with Gasteiger partial charge in [0.15, 0.2) is 9.84 Å². The van der Waals surface area contributed by atoms with Crippen LogP contribution in [-0.2, 0) is 24.1 Å². The van der Waals surface area contributed by atoms with Gasteiger partial charge in [-0.15, -0.1) is 0 Å². The van der Waals surface area contributed by atoms with Gasteiger partial charge in [0.05, 0.1) is 4.90 Å². The third-order valence-electron chi connectivity index (χ3n) is 4.25. The van der Waals surface area contributed by atoms with Crippen molar-refractivity contribution in [2.45, 2.75) is 29.9 Å². The number of halogens is 1. The minimum Gasteiger partial charge on any atom is -0.480 e. The third kappa shape index (κ3) is 3.77. The van der Waals surface area contributed by atoms with Gasteiger partial charge in [-0.3, -0.25) is 4.79 Å². The number of aryl methyl sites for hydroxylation is 1. The summed E-state index contributed by atoms with van der Waals surface area (Å²) >= 11 is 5.90. The quantitative estimate of drug-likeness (QED) is 0.686. The number of carboxylic acid groups (broad SMARTS) is 1. The lowest BCUT2D eigenvalue weighted by molar-refractivity contribution is -0.141. The molecule has 140 valence electrons. The van der Waals surface area contributed by atoms with Crippen LogP contribution in [0.5, 0.6) is 0 Å². The topological polar surface area (TPSA) is 80.7 Å². The molecule has 2 rings (SSSR count). The van der Waals surface area contributed by atoms with Crippen LogP contribution < -0.4 is 0 Å². The van der Waals surface area contributed by atoms with E-state index in [9.17, 15) is 18.3 Å². The van der Waals surface area contributed by atoms with E-state index >= 15 is 0 Å². The zero-order valence-corrected chi connectivity index (χ0v) is 16.2. The fraction of sp³-hybridized carbons (Fsp3) is 0.316. The number of carboxylic acids is 1. The van der Waals surface area contributed by atoms with E-state index in [-0.39, 0.29) is 23.5 Å². The summed E-state index contributed by atoms with van der Waals surface area (Å²) in [5, 5.41) is 10.4. The minimum absolute atomic E-state index is 0.00345. The van der Waals surface area contributed by atoms with Crippen LogP contribution in [0.1, 0.15) is 24.5 Å². The molecular weight excluding hydrogens is 376 g/mol. The molecule has 0 saturated carbocycles. The second-order valence-corrected chi connectivity index (χ2v) is 8.51. The SMILES string of the molecule is CCOCCC(C(=O)O)(c1ccc(Cl)cc1)S(=O)(=O)c1ccc(C)cc1. The van der Waals surface area contributed by atoms with E-state index in [0.717, 1.165) is 5.56 Å². The Kier molecular flexibility index (Phi) is 6.44. The Balaban J connectivity index is 2.69. The number of benzene rings is 2. The maximum absolute atomic E-state index is 13.4. The molecule has 1 unspecified atom stereocenters. The van der Waals surface area contributed by atoms with E-state index in [4.69, 9.17) is 16.3 Å². The van der Waals surface area contributed by atoms with E-state index in [2.05, 4.69) is 0 Å². The van der Waals surface area contributed by atoms with Crippen LogP contribution >= 0.6 is 11.6 Å². The summed E-state index contributed by atoms with van der Waals surface area (Å²) in [6.45, 7) is 3.95. The highest BCUT2D eigenvalue weighted by Crippen LogP contribution is 2.39. The summed E-state index contributed by atoms with van der Waals surface area (Å²) in [7, 11) is -4.25. The first-order valence-electron chi connectivity index (χ1n) is 8.14. The number of carbonyl (C=O) groups is 1. The number of hydrogen-bond acceptors (Lipinski definition) is 4. The molecule has 5 nitrogen and oxygen atoms in total. The highest BCUT2D eigenvalue weighted by atomic mass is 35.5. The Morgan fingerprint density at radius 1 is 1.12 bits per heavy atom. The van der Waals surface area contributed by atoms with Crippen molar-refractivity contribution in [2.75, 3.05) is 13.2 Å². The summed E-state index contributed by atoms with van der Waals surface area (Å²) in [5.74, 6) is -1.44. The van der Waals surface area contributed by atoms with Gasteiger partial charge in [0.25, 0.3) is 0 Å². The molecule has 0 spiro atoms. The minimum atomic E-state index is -4.25. The largest absolute Gasteiger partial charge is 0.480 e. The van der Waals surface area contributed by atoms with Gasteiger partial charge in [-0.2, -0.15) is 0 Å². The summed E-state index contributed by atoms with van der Waals surface area (Å²) in [6, 6.07) is 12.0. The number of aliphatic carboxylic acids is 1. The van der Waals surface area contributed by atoms with Crippen molar-refractivity contribution < 1.29 is 23.1 Å². The predicted molar refractivity (Wildman–Crippen MR) is 100 cm³/mol. The predicted octanol–water partition coefficient (Wildman–Crippen LogP) is 3.83. The molecule has 7 heteroatoms. The summed E-state index contributed by atoms with van der Waals surface area (Å²) in [6.07, 6.45) is -0.214. The second kappa shape index (κ2) is 8.20. The van der Waals surface area contributed by atoms with Crippen LogP contribution in [0.25, 0.3) is 0 Å². The molecule has 0 heterocycles. The molecule has 2 aromatic rings. The molecule has 0 aliphatic carbocycles. The van der Waals surface area contributed by atoms with Crippen molar-refractivity contribution in [3.63, 3.8) is 0 Å². The molecule has 2 aromatic carbocycles. The molecule has 0 radical (unpaired) electrons. The molecular formula is C19H21ClO5S.